The van der Waals surface area contributed by atoms with E-state index in [1.165, 1.54) is 6.07 Å². The molecule has 1 aromatic carbocycles. The summed E-state index contributed by atoms with van der Waals surface area (Å²) < 4.78 is 0. The van der Waals surface area contributed by atoms with E-state index in [0.717, 1.165) is 25.1 Å². The van der Waals surface area contributed by atoms with E-state index in [9.17, 15) is 9.59 Å². The van der Waals surface area contributed by atoms with Gasteiger partial charge in [0.25, 0.3) is 0 Å². The molecular weight excluding hydrogens is 220 g/mol. The summed E-state index contributed by atoms with van der Waals surface area (Å²) in [6.07, 6.45) is 1.80. The maximum Gasteiger partial charge on any atom is 0.335 e. The fraction of sp³-hybridized carbons (Fsp3) is 0.333. The normalized spacial score (nSPS) is 21.8. The Balaban J connectivity index is 2.09. The van der Waals surface area contributed by atoms with Crippen molar-refractivity contribution in [2.24, 2.45) is 0 Å². The molecule has 2 aliphatic heterocycles. The maximum atomic E-state index is 11.8. The molecule has 1 saturated heterocycles. The van der Waals surface area contributed by atoms with Gasteiger partial charge in [-0.05, 0) is 31.0 Å². The Morgan fingerprint density at radius 1 is 1.47 bits per heavy atom. The van der Waals surface area contributed by atoms with Crippen molar-refractivity contribution in [3.63, 3.8) is 0 Å². The molecule has 88 valence electrons. The Kier molecular flexibility index (Phi) is 2.07. The fourth-order valence-corrected chi connectivity index (χ4v) is 2.55. The van der Waals surface area contributed by atoms with E-state index in [0.29, 0.717) is 5.69 Å². The number of carboxylic acids is 1. The number of benzene rings is 1. The first-order chi connectivity index (χ1) is 8.16. The third kappa shape index (κ3) is 1.46. The lowest BCUT2D eigenvalue weighted by Gasteiger charge is -2.33. The zero-order valence-electron chi connectivity index (χ0n) is 9.14. The molecule has 1 fully saturated rings. The highest BCUT2D eigenvalue weighted by Crippen LogP contribution is 2.37. The molecule has 5 nitrogen and oxygen atoms in total. The predicted molar refractivity (Wildman–Crippen MR) is 62.4 cm³/mol. The number of fused-ring (bicyclic) bond motifs is 3. The molecule has 2 aliphatic rings. The first-order valence-corrected chi connectivity index (χ1v) is 5.61. The number of carboxylic acid groups (broad SMARTS) is 1. The van der Waals surface area contributed by atoms with Crippen molar-refractivity contribution < 1.29 is 14.7 Å². The number of rotatable bonds is 1. The van der Waals surface area contributed by atoms with E-state index in [4.69, 9.17) is 5.11 Å². The molecular formula is C12H12N2O3. The van der Waals surface area contributed by atoms with Gasteiger partial charge in [0.15, 0.2) is 0 Å². The van der Waals surface area contributed by atoms with Crippen LogP contribution in [-0.4, -0.2) is 29.6 Å². The number of carbonyl (C=O) groups excluding carboxylic acids is 1. The van der Waals surface area contributed by atoms with Crippen LogP contribution in [0.3, 0.4) is 0 Å². The largest absolute Gasteiger partial charge is 0.478 e. The number of aromatic carboxylic acids is 1. The van der Waals surface area contributed by atoms with Gasteiger partial charge in [0.05, 0.1) is 16.9 Å². The van der Waals surface area contributed by atoms with Gasteiger partial charge in [-0.25, -0.2) is 4.79 Å². The summed E-state index contributed by atoms with van der Waals surface area (Å²) in [5, 5.41) is 11.8. The van der Waals surface area contributed by atoms with Crippen molar-refractivity contribution in [1.82, 2.24) is 0 Å². The van der Waals surface area contributed by atoms with Crippen LogP contribution < -0.4 is 10.2 Å². The molecule has 0 aromatic heterocycles. The van der Waals surface area contributed by atoms with Crippen LogP contribution in [0.15, 0.2) is 18.2 Å². The van der Waals surface area contributed by atoms with Gasteiger partial charge in [0, 0.05) is 6.54 Å². The number of amides is 1. The van der Waals surface area contributed by atoms with Crippen LogP contribution in [0.4, 0.5) is 11.4 Å². The Labute approximate surface area is 98.0 Å². The highest BCUT2D eigenvalue weighted by molar-refractivity contribution is 6.05. The summed E-state index contributed by atoms with van der Waals surface area (Å²) >= 11 is 0. The minimum Gasteiger partial charge on any atom is -0.478 e. The van der Waals surface area contributed by atoms with E-state index in [2.05, 4.69) is 5.32 Å². The molecule has 1 unspecified atom stereocenters. The van der Waals surface area contributed by atoms with Gasteiger partial charge in [-0.1, -0.05) is 0 Å². The lowest BCUT2D eigenvalue weighted by atomic mass is 10.1. The summed E-state index contributed by atoms with van der Waals surface area (Å²) in [5.41, 5.74) is 1.79. The van der Waals surface area contributed by atoms with Crippen LogP contribution >= 0.6 is 0 Å². The van der Waals surface area contributed by atoms with E-state index in [1.54, 1.807) is 12.1 Å². The van der Waals surface area contributed by atoms with Crippen LogP contribution in [0.25, 0.3) is 0 Å². The van der Waals surface area contributed by atoms with Gasteiger partial charge < -0.3 is 15.3 Å². The zero-order chi connectivity index (χ0) is 12.0. The van der Waals surface area contributed by atoms with Crippen LogP contribution in [0.2, 0.25) is 0 Å². The Morgan fingerprint density at radius 2 is 2.29 bits per heavy atom. The van der Waals surface area contributed by atoms with Crippen molar-refractivity contribution in [3.8, 4) is 0 Å². The first-order valence-electron chi connectivity index (χ1n) is 5.61. The van der Waals surface area contributed by atoms with Gasteiger partial charge in [-0.15, -0.1) is 0 Å². The smallest absolute Gasteiger partial charge is 0.335 e. The average molecular weight is 232 g/mol. The van der Waals surface area contributed by atoms with Gasteiger partial charge in [-0.2, -0.15) is 0 Å². The highest BCUT2D eigenvalue weighted by atomic mass is 16.4. The number of hydrogen-bond acceptors (Lipinski definition) is 3. The van der Waals surface area contributed by atoms with E-state index in [-0.39, 0.29) is 17.5 Å². The molecule has 17 heavy (non-hydrogen) atoms. The third-order valence-corrected chi connectivity index (χ3v) is 3.37. The number of nitrogens with one attached hydrogen (secondary N) is 1. The summed E-state index contributed by atoms with van der Waals surface area (Å²) in [6.45, 7) is 0.814. The topological polar surface area (TPSA) is 69.6 Å². The first kappa shape index (κ1) is 10.1. The third-order valence-electron chi connectivity index (χ3n) is 3.37. The second kappa shape index (κ2) is 3.48. The summed E-state index contributed by atoms with van der Waals surface area (Å²) in [7, 11) is 0. The molecule has 0 aliphatic carbocycles. The van der Waals surface area contributed by atoms with Gasteiger partial charge in [-0.3, -0.25) is 4.79 Å². The monoisotopic (exact) mass is 232 g/mol. The van der Waals surface area contributed by atoms with Crippen molar-refractivity contribution in [3.05, 3.63) is 23.8 Å². The molecule has 3 rings (SSSR count). The number of hydrogen-bond donors (Lipinski definition) is 2. The van der Waals surface area contributed by atoms with Crippen LogP contribution in [0.5, 0.6) is 0 Å². The number of nitrogens with zero attached hydrogens (tertiary/aromatic N) is 1. The number of carbonyl (C=O) groups is 2. The van der Waals surface area contributed by atoms with Crippen molar-refractivity contribution in [2.45, 2.75) is 18.9 Å². The zero-order valence-corrected chi connectivity index (χ0v) is 9.14. The predicted octanol–water partition coefficient (Wildman–Crippen LogP) is 1.31. The van der Waals surface area contributed by atoms with Crippen molar-refractivity contribution >= 4 is 23.3 Å². The lowest BCUT2D eigenvalue weighted by molar-refractivity contribution is -0.117. The second-order valence-electron chi connectivity index (χ2n) is 4.38. The Bertz CT molecular complexity index is 512. The minimum atomic E-state index is -0.944. The molecule has 0 bridgehead atoms. The molecule has 1 atom stereocenters. The van der Waals surface area contributed by atoms with Gasteiger partial charge in [0.2, 0.25) is 5.91 Å². The molecule has 0 saturated carbocycles. The average Bonchev–Trinajstić information content (AvgIpc) is 2.78. The summed E-state index contributed by atoms with van der Waals surface area (Å²) in [5.74, 6) is -0.932. The Hall–Kier alpha value is -2.04. The molecule has 0 spiro atoms. The molecule has 0 radical (unpaired) electrons. The standard InChI is InChI=1S/C12H12N2O3/c15-11-9-2-1-5-14(9)10-6-7(12(16)17)3-4-8(10)13-11/h3-4,6,9H,1-2,5H2,(H,13,15)(H,16,17). The SMILES string of the molecule is O=C(O)c1ccc2c(c1)N1CCCC1C(=O)N2. The summed E-state index contributed by atoms with van der Waals surface area (Å²) in [6, 6.07) is 4.67. The Morgan fingerprint density at radius 3 is 3.06 bits per heavy atom. The number of anilines is 2. The quantitative estimate of drug-likeness (QED) is 0.765. The lowest BCUT2D eigenvalue weighted by Crippen LogP contribution is -2.43. The molecule has 2 N–H and O–H groups in total. The molecule has 2 heterocycles. The van der Waals surface area contributed by atoms with Gasteiger partial charge in [0.1, 0.15) is 6.04 Å². The minimum absolute atomic E-state index is 0.0121. The molecule has 1 amide bonds. The van der Waals surface area contributed by atoms with Crippen LogP contribution in [0, 0.1) is 0 Å². The van der Waals surface area contributed by atoms with Gasteiger partial charge >= 0.3 is 5.97 Å². The molecule has 5 heteroatoms. The van der Waals surface area contributed by atoms with E-state index < -0.39 is 5.97 Å². The van der Waals surface area contributed by atoms with Crippen LogP contribution in [0.1, 0.15) is 23.2 Å². The van der Waals surface area contributed by atoms with E-state index in [1.807, 2.05) is 4.90 Å². The van der Waals surface area contributed by atoms with Crippen LogP contribution in [-0.2, 0) is 4.79 Å². The highest BCUT2D eigenvalue weighted by Gasteiger charge is 2.36. The van der Waals surface area contributed by atoms with Crippen molar-refractivity contribution in [1.29, 1.82) is 0 Å². The summed E-state index contributed by atoms with van der Waals surface area (Å²) in [4.78, 5) is 24.7. The second-order valence-corrected chi connectivity index (χ2v) is 4.38. The maximum absolute atomic E-state index is 11.8. The van der Waals surface area contributed by atoms with E-state index >= 15 is 0 Å². The molecule has 1 aromatic rings. The van der Waals surface area contributed by atoms with Crippen molar-refractivity contribution in [2.75, 3.05) is 16.8 Å². The fourth-order valence-electron chi connectivity index (χ4n) is 2.55.